The van der Waals surface area contributed by atoms with Gasteiger partial charge in [0.2, 0.25) is 5.91 Å². The van der Waals surface area contributed by atoms with Gasteiger partial charge in [-0.05, 0) is 30.4 Å². The third-order valence-corrected chi connectivity index (χ3v) is 3.60. The van der Waals surface area contributed by atoms with Crippen molar-refractivity contribution in [3.8, 4) is 0 Å². The summed E-state index contributed by atoms with van der Waals surface area (Å²) in [4.78, 5) is 11.9. The standard InChI is InChI=1S/C15H22N2O/c1-2-3-8-14(16)15(18)17-13-9-11-6-4-5-7-12(11)10-13/h4-7,13-14H,2-3,8-10,16H2,1H3,(H,17,18). The second-order valence-electron chi connectivity index (χ2n) is 5.13. The molecule has 1 aromatic carbocycles. The van der Waals surface area contributed by atoms with Crippen LogP contribution in [0.5, 0.6) is 0 Å². The first-order valence-corrected chi connectivity index (χ1v) is 6.83. The summed E-state index contributed by atoms with van der Waals surface area (Å²) in [6.07, 6.45) is 4.74. The van der Waals surface area contributed by atoms with Crippen LogP contribution in [-0.4, -0.2) is 18.0 Å². The number of nitrogens with one attached hydrogen (secondary N) is 1. The van der Waals surface area contributed by atoms with Gasteiger partial charge >= 0.3 is 0 Å². The third kappa shape index (κ3) is 3.10. The molecule has 1 atom stereocenters. The SMILES string of the molecule is CCCCC(N)C(=O)NC1Cc2ccccc2C1. The number of nitrogens with two attached hydrogens (primary N) is 1. The number of fused-ring (bicyclic) bond motifs is 1. The molecule has 3 nitrogen and oxygen atoms in total. The van der Waals surface area contributed by atoms with Gasteiger partial charge in [-0.1, -0.05) is 44.0 Å². The largest absolute Gasteiger partial charge is 0.351 e. The molecule has 0 spiro atoms. The summed E-state index contributed by atoms with van der Waals surface area (Å²) in [5, 5.41) is 3.07. The Morgan fingerprint density at radius 2 is 2.00 bits per heavy atom. The van der Waals surface area contributed by atoms with E-state index in [1.165, 1.54) is 11.1 Å². The summed E-state index contributed by atoms with van der Waals surface area (Å²) >= 11 is 0. The number of unbranched alkanes of at least 4 members (excludes halogenated alkanes) is 1. The van der Waals surface area contributed by atoms with E-state index in [2.05, 4.69) is 36.5 Å². The number of hydrogen-bond acceptors (Lipinski definition) is 2. The van der Waals surface area contributed by atoms with Crippen molar-refractivity contribution < 1.29 is 4.79 Å². The smallest absolute Gasteiger partial charge is 0.237 e. The Balaban J connectivity index is 1.84. The third-order valence-electron chi connectivity index (χ3n) is 3.60. The van der Waals surface area contributed by atoms with Gasteiger partial charge in [0.05, 0.1) is 6.04 Å². The summed E-state index contributed by atoms with van der Waals surface area (Å²) in [5.74, 6) is 0.00116. The van der Waals surface area contributed by atoms with Crippen LogP contribution in [0.1, 0.15) is 37.3 Å². The molecule has 1 aliphatic carbocycles. The molecule has 0 aromatic heterocycles. The fourth-order valence-corrected chi connectivity index (χ4v) is 2.52. The molecule has 3 heteroatoms. The molecule has 2 rings (SSSR count). The molecule has 1 aromatic rings. The van der Waals surface area contributed by atoms with Crippen LogP contribution >= 0.6 is 0 Å². The number of hydrogen-bond donors (Lipinski definition) is 2. The maximum absolute atomic E-state index is 11.9. The van der Waals surface area contributed by atoms with Gasteiger partial charge < -0.3 is 11.1 Å². The van der Waals surface area contributed by atoms with Crippen LogP contribution in [0, 0.1) is 0 Å². The quantitative estimate of drug-likeness (QED) is 0.832. The van der Waals surface area contributed by atoms with E-state index >= 15 is 0 Å². The highest BCUT2D eigenvalue weighted by Gasteiger charge is 2.24. The number of carbonyl (C=O) groups excluding carboxylic acids is 1. The first-order chi connectivity index (χ1) is 8.70. The van der Waals surface area contributed by atoms with E-state index < -0.39 is 0 Å². The van der Waals surface area contributed by atoms with Crippen molar-refractivity contribution >= 4 is 5.91 Å². The van der Waals surface area contributed by atoms with Crippen molar-refractivity contribution in [3.63, 3.8) is 0 Å². The van der Waals surface area contributed by atoms with Crippen LogP contribution in [-0.2, 0) is 17.6 Å². The minimum Gasteiger partial charge on any atom is -0.351 e. The van der Waals surface area contributed by atoms with Gasteiger partial charge in [-0.3, -0.25) is 4.79 Å². The highest BCUT2D eigenvalue weighted by atomic mass is 16.2. The van der Waals surface area contributed by atoms with Crippen LogP contribution in [0.15, 0.2) is 24.3 Å². The van der Waals surface area contributed by atoms with Crippen LogP contribution in [0.3, 0.4) is 0 Å². The lowest BCUT2D eigenvalue weighted by atomic mass is 10.1. The zero-order valence-corrected chi connectivity index (χ0v) is 11.0. The van der Waals surface area contributed by atoms with Crippen molar-refractivity contribution in [3.05, 3.63) is 35.4 Å². The average molecular weight is 246 g/mol. The highest BCUT2D eigenvalue weighted by molar-refractivity contribution is 5.81. The summed E-state index contributed by atoms with van der Waals surface area (Å²) in [6.45, 7) is 2.11. The number of rotatable bonds is 5. The van der Waals surface area contributed by atoms with Gasteiger partial charge in [0.1, 0.15) is 0 Å². The van der Waals surface area contributed by atoms with Crippen molar-refractivity contribution in [2.75, 3.05) is 0 Å². The second kappa shape index (κ2) is 6.01. The Hall–Kier alpha value is -1.35. The van der Waals surface area contributed by atoms with Gasteiger partial charge in [0.25, 0.3) is 0 Å². The van der Waals surface area contributed by atoms with E-state index in [4.69, 9.17) is 5.73 Å². The number of benzene rings is 1. The fraction of sp³-hybridized carbons (Fsp3) is 0.533. The van der Waals surface area contributed by atoms with Gasteiger partial charge in [-0.15, -0.1) is 0 Å². The van der Waals surface area contributed by atoms with Crippen LogP contribution in [0.2, 0.25) is 0 Å². The molecular weight excluding hydrogens is 224 g/mol. The molecule has 0 saturated carbocycles. The van der Waals surface area contributed by atoms with E-state index in [0.29, 0.717) is 0 Å². The van der Waals surface area contributed by atoms with Crippen LogP contribution in [0.4, 0.5) is 0 Å². The van der Waals surface area contributed by atoms with Gasteiger partial charge in [-0.25, -0.2) is 0 Å². The molecule has 0 heterocycles. The molecule has 98 valence electrons. The number of carbonyl (C=O) groups is 1. The molecule has 1 aliphatic rings. The van der Waals surface area contributed by atoms with Crippen LogP contribution < -0.4 is 11.1 Å². The first kappa shape index (κ1) is 13.1. The summed E-state index contributed by atoms with van der Waals surface area (Å²) in [5.41, 5.74) is 8.58. The van der Waals surface area contributed by atoms with Crippen molar-refractivity contribution in [2.24, 2.45) is 5.73 Å². The van der Waals surface area contributed by atoms with Gasteiger partial charge in [-0.2, -0.15) is 0 Å². The molecule has 18 heavy (non-hydrogen) atoms. The van der Waals surface area contributed by atoms with E-state index in [9.17, 15) is 4.79 Å². The molecule has 0 radical (unpaired) electrons. The summed E-state index contributed by atoms with van der Waals surface area (Å²) in [6, 6.07) is 8.25. The monoisotopic (exact) mass is 246 g/mol. The lowest BCUT2D eigenvalue weighted by Gasteiger charge is -2.16. The second-order valence-corrected chi connectivity index (χ2v) is 5.13. The Kier molecular flexibility index (Phi) is 4.37. The predicted octanol–water partition coefficient (Wildman–Crippen LogP) is 1.79. The van der Waals surface area contributed by atoms with Crippen molar-refractivity contribution in [2.45, 2.75) is 51.1 Å². The fourth-order valence-electron chi connectivity index (χ4n) is 2.52. The predicted molar refractivity (Wildman–Crippen MR) is 73.3 cm³/mol. The minimum atomic E-state index is -0.353. The van der Waals surface area contributed by atoms with E-state index in [1.807, 2.05) is 0 Å². The minimum absolute atomic E-state index is 0.00116. The lowest BCUT2D eigenvalue weighted by Crippen LogP contribution is -2.45. The normalized spacial score (nSPS) is 16.3. The maximum atomic E-state index is 11.9. The zero-order chi connectivity index (χ0) is 13.0. The van der Waals surface area contributed by atoms with E-state index in [0.717, 1.165) is 32.1 Å². The first-order valence-electron chi connectivity index (χ1n) is 6.83. The van der Waals surface area contributed by atoms with Gasteiger partial charge in [0.15, 0.2) is 0 Å². The summed E-state index contributed by atoms with van der Waals surface area (Å²) < 4.78 is 0. The Morgan fingerprint density at radius 1 is 1.39 bits per heavy atom. The molecule has 1 unspecified atom stereocenters. The topological polar surface area (TPSA) is 55.1 Å². The molecular formula is C15H22N2O. The van der Waals surface area contributed by atoms with Crippen molar-refractivity contribution in [1.82, 2.24) is 5.32 Å². The lowest BCUT2D eigenvalue weighted by molar-refractivity contribution is -0.123. The highest BCUT2D eigenvalue weighted by Crippen LogP contribution is 2.21. The van der Waals surface area contributed by atoms with Crippen LogP contribution in [0.25, 0.3) is 0 Å². The molecule has 0 bridgehead atoms. The van der Waals surface area contributed by atoms with E-state index in [-0.39, 0.29) is 18.0 Å². The molecule has 3 N–H and O–H groups in total. The zero-order valence-electron chi connectivity index (χ0n) is 11.0. The molecule has 1 amide bonds. The molecule has 0 fully saturated rings. The Labute approximate surface area is 109 Å². The van der Waals surface area contributed by atoms with E-state index in [1.54, 1.807) is 0 Å². The summed E-state index contributed by atoms with van der Waals surface area (Å²) in [7, 11) is 0. The maximum Gasteiger partial charge on any atom is 0.237 e. The Bertz CT molecular complexity index is 392. The molecule has 0 aliphatic heterocycles. The number of amides is 1. The Morgan fingerprint density at radius 3 is 2.56 bits per heavy atom. The molecule has 0 saturated heterocycles. The average Bonchev–Trinajstić information content (AvgIpc) is 2.77. The van der Waals surface area contributed by atoms with Gasteiger partial charge in [0, 0.05) is 6.04 Å². The van der Waals surface area contributed by atoms with Crippen molar-refractivity contribution in [1.29, 1.82) is 0 Å².